The van der Waals surface area contributed by atoms with Crippen molar-refractivity contribution in [1.82, 2.24) is 9.78 Å². The first kappa shape index (κ1) is 9.71. The Morgan fingerprint density at radius 1 is 1.33 bits per heavy atom. The molecule has 2 aromatic heterocycles. The minimum Gasteiger partial charge on any atom is -0.463 e. The van der Waals surface area contributed by atoms with Crippen LogP contribution in [0.4, 0.5) is 0 Å². The van der Waals surface area contributed by atoms with Crippen molar-refractivity contribution in [1.29, 1.82) is 0 Å². The Morgan fingerprint density at radius 2 is 2.13 bits per heavy atom. The summed E-state index contributed by atoms with van der Waals surface area (Å²) in [5.41, 5.74) is 0.577. The van der Waals surface area contributed by atoms with Gasteiger partial charge >= 0.3 is 0 Å². The van der Waals surface area contributed by atoms with Gasteiger partial charge < -0.3 is 4.42 Å². The van der Waals surface area contributed by atoms with E-state index in [0.717, 1.165) is 0 Å². The van der Waals surface area contributed by atoms with Crippen molar-refractivity contribution in [2.24, 2.45) is 0 Å². The van der Waals surface area contributed by atoms with Crippen LogP contribution >= 0.6 is 0 Å². The Balaban J connectivity index is 2.53. The van der Waals surface area contributed by atoms with E-state index in [2.05, 4.69) is 5.10 Å². The third-order valence-electron chi connectivity index (χ3n) is 2.09. The molecule has 0 aromatic carbocycles. The van der Waals surface area contributed by atoms with E-state index in [4.69, 9.17) is 4.42 Å². The number of hydrogen-bond acceptors (Lipinski definition) is 3. The third kappa shape index (κ3) is 1.83. The summed E-state index contributed by atoms with van der Waals surface area (Å²) < 4.78 is 6.66. The standard InChI is InChI=1S/C11H12N2O2/c1-8(2)13-11(14)6-5-9(12-13)10-4-3-7-15-10/h3-8H,1-2H3. The van der Waals surface area contributed by atoms with Gasteiger partial charge in [0.05, 0.1) is 12.3 Å². The van der Waals surface area contributed by atoms with E-state index in [0.29, 0.717) is 11.5 Å². The zero-order valence-corrected chi connectivity index (χ0v) is 8.68. The maximum absolute atomic E-state index is 11.5. The van der Waals surface area contributed by atoms with E-state index < -0.39 is 0 Å². The largest absolute Gasteiger partial charge is 0.463 e. The second-order valence-electron chi connectivity index (χ2n) is 3.57. The molecule has 0 aliphatic heterocycles. The van der Waals surface area contributed by atoms with Crippen molar-refractivity contribution in [3.8, 4) is 11.5 Å². The minimum absolute atomic E-state index is 0.0485. The summed E-state index contributed by atoms with van der Waals surface area (Å²) in [6.07, 6.45) is 1.59. The Hall–Kier alpha value is -1.84. The van der Waals surface area contributed by atoms with Gasteiger partial charge in [-0.1, -0.05) is 0 Å². The molecule has 0 spiro atoms. The van der Waals surface area contributed by atoms with Crippen molar-refractivity contribution < 1.29 is 4.42 Å². The lowest BCUT2D eigenvalue weighted by Crippen LogP contribution is -2.23. The quantitative estimate of drug-likeness (QED) is 0.752. The Bertz CT molecular complexity index is 498. The SMILES string of the molecule is CC(C)n1nc(-c2ccco2)ccc1=O. The molecule has 0 N–H and O–H groups in total. The zero-order valence-electron chi connectivity index (χ0n) is 8.68. The lowest BCUT2D eigenvalue weighted by atomic mass is 10.3. The number of aromatic nitrogens is 2. The predicted octanol–water partition coefficient (Wildman–Crippen LogP) is 2.08. The van der Waals surface area contributed by atoms with Crippen LogP contribution in [0.1, 0.15) is 19.9 Å². The number of nitrogens with zero attached hydrogens (tertiary/aromatic N) is 2. The van der Waals surface area contributed by atoms with E-state index in [1.807, 2.05) is 19.9 Å². The molecule has 0 atom stereocenters. The second-order valence-corrected chi connectivity index (χ2v) is 3.57. The van der Waals surface area contributed by atoms with Crippen LogP contribution in [0.2, 0.25) is 0 Å². The average Bonchev–Trinajstić information content (AvgIpc) is 2.71. The molecule has 0 amide bonds. The van der Waals surface area contributed by atoms with Crippen molar-refractivity contribution in [3.05, 3.63) is 40.9 Å². The molecular formula is C11H12N2O2. The van der Waals surface area contributed by atoms with E-state index in [1.54, 1.807) is 18.4 Å². The van der Waals surface area contributed by atoms with Gasteiger partial charge in [0.15, 0.2) is 5.76 Å². The monoisotopic (exact) mass is 204 g/mol. The fraction of sp³-hybridized carbons (Fsp3) is 0.273. The van der Waals surface area contributed by atoms with Gasteiger partial charge in [0, 0.05) is 6.07 Å². The molecule has 0 aliphatic carbocycles. The van der Waals surface area contributed by atoms with Crippen molar-refractivity contribution in [3.63, 3.8) is 0 Å². The highest BCUT2D eigenvalue weighted by atomic mass is 16.3. The molecular weight excluding hydrogens is 192 g/mol. The van der Waals surface area contributed by atoms with Gasteiger partial charge in [0.2, 0.25) is 0 Å². The lowest BCUT2D eigenvalue weighted by Gasteiger charge is -2.08. The Kier molecular flexibility index (Phi) is 2.41. The fourth-order valence-electron chi connectivity index (χ4n) is 1.35. The molecule has 0 unspecified atom stereocenters. The van der Waals surface area contributed by atoms with E-state index >= 15 is 0 Å². The van der Waals surface area contributed by atoms with Crippen LogP contribution in [0.5, 0.6) is 0 Å². The number of hydrogen-bond donors (Lipinski definition) is 0. The van der Waals surface area contributed by atoms with E-state index in [9.17, 15) is 4.79 Å². The van der Waals surface area contributed by atoms with Crippen LogP contribution in [-0.2, 0) is 0 Å². The number of rotatable bonds is 2. The normalized spacial score (nSPS) is 10.9. The molecule has 15 heavy (non-hydrogen) atoms. The first-order chi connectivity index (χ1) is 7.18. The summed E-state index contributed by atoms with van der Waals surface area (Å²) in [6.45, 7) is 3.83. The molecule has 2 heterocycles. The van der Waals surface area contributed by atoms with Crippen molar-refractivity contribution in [2.45, 2.75) is 19.9 Å². The first-order valence-electron chi connectivity index (χ1n) is 4.82. The highest BCUT2D eigenvalue weighted by Crippen LogP contribution is 2.15. The molecule has 0 fully saturated rings. The van der Waals surface area contributed by atoms with Crippen LogP contribution in [0.15, 0.2) is 39.7 Å². The van der Waals surface area contributed by atoms with Gasteiger partial charge in [0.25, 0.3) is 5.56 Å². The maximum Gasteiger partial charge on any atom is 0.267 e. The van der Waals surface area contributed by atoms with Crippen molar-refractivity contribution >= 4 is 0 Å². The molecule has 0 saturated heterocycles. The second kappa shape index (κ2) is 3.73. The van der Waals surface area contributed by atoms with E-state index in [1.165, 1.54) is 10.7 Å². The van der Waals surface area contributed by atoms with Gasteiger partial charge in [-0.15, -0.1) is 0 Å². The van der Waals surface area contributed by atoms with Gasteiger partial charge in [0.1, 0.15) is 5.69 Å². The van der Waals surface area contributed by atoms with Gasteiger partial charge in [-0.2, -0.15) is 5.10 Å². The summed E-state index contributed by atoms with van der Waals surface area (Å²) in [6, 6.07) is 6.83. The molecule has 2 rings (SSSR count). The summed E-state index contributed by atoms with van der Waals surface area (Å²) in [4.78, 5) is 11.5. The predicted molar refractivity (Wildman–Crippen MR) is 56.6 cm³/mol. The fourth-order valence-corrected chi connectivity index (χ4v) is 1.35. The summed E-state index contributed by atoms with van der Waals surface area (Å²) >= 11 is 0. The molecule has 0 radical (unpaired) electrons. The van der Waals surface area contributed by atoms with Gasteiger partial charge in [-0.05, 0) is 32.0 Å². The molecule has 4 nitrogen and oxygen atoms in total. The summed E-state index contributed by atoms with van der Waals surface area (Å²) in [7, 11) is 0. The van der Waals surface area contributed by atoms with Gasteiger partial charge in [-0.25, -0.2) is 4.68 Å². The Labute approximate surface area is 87.2 Å². The molecule has 0 bridgehead atoms. The van der Waals surface area contributed by atoms with Crippen molar-refractivity contribution in [2.75, 3.05) is 0 Å². The molecule has 0 saturated carbocycles. The van der Waals surface area contributed by atoms with Crippen LogP contribution in [0.25, 0.3) is 11.5 Å². The maximum atomic E-state index is 11.5. The topological polar surface area (TPSA) is 48.0 Å². The van der Waals surface area contributed by atoms with Crippen LogP contribution < -0.4 is 5.56 Å². The average molecular weight is 204 g/mol. The van der Waals surface area contributed by atoms with E-state index in [-0.39, 0.29) is 11.6 Å². The Morgan fingerprint density at radius 3 is 2.73 bits per heavy atom. The summed E-state index contributed by atoms with van der Waals surface area (Å²) in [5.74, 6) is 0.671. The summed E-state index contributed by atoms with van der Waals surface area (Å²) in [5, 5.41) is 4.22. The first-order valence-corrected chi connectivity index (χ1v) is 4.82. The molecule has 78 valence electrons. The van der Waals surface area contributed by atoms with Gasteiger partial charge in [-0.3, -0.25) is 4.79 Å². The third-order valence-corrected chi connectivity index (χ3v) is 2.09. The van der Waals surface area contributed by atoms with Crippen LogP contribution in [-0.4, -0.2) is 9.78 Å². The highest BCUT2D eigenvalue weighted by Gasteiger charge is 2.07. The lowest BCUT2D eigenvalue weighted by molar-refractivity contribution is 0.498. The molecule has 0 aliphatic rings. The highest BCUT2D eigenvalue weighted by molar-refractivity contribution is 5.50. The molecule has 2 aromatic rings. The van der Waals surface area contributed by atoms with Crippen LogP contribution in [0.3, 0.4) is 0 Å². The minimum atomic E-state index is -0.0969. The van der Waals surface area contributed by atoms with Crippen LogP contribution in [0, 0.1) is 0 Å². The number of furan rings is 1. The molecule has 4 heteroatoms. The zero-order chi connectivity index (χ0) is 10.8. The smallest absolute Gasteiger partial charge is 0.267 e.